The molecule has 0 saturated heterocycles. The Morgan fingerprint density at radius 2 is 1.40 bits per heavy atom. The molecule has 3 heteroatoms. The molecule has 2 aromatic carbocycles. The van der Waals surface area contributed by atoms with E-state index in [-0.39, 0.29) is 0 Å². The molecule has 2 heterocycles. The van der Waals surface area contributed by atoms with E-state index in [0.29, 0.717) is 0 Å². The van der Waals surface area contributed by atoms with Crippen molar-refractivity contribution in [1.82, 2.24) is 14.5 Å². The van der Waals surface area contributed by atoms with Crippen molar-refractivity contribution in [3.05, 3.63) is 90.8 Å². The topological polar surface area (TPSA) is 30.7 Å². The maximum Gasteiger partial charge on any atom is 0.146 e. The average Bonchev–Trinajstić information content (AvgIpc) is 3.15. The summed E-state index contributed by atoms with van der Waals surface area (Å²) in [6.45, 7) is 2.12. The number of hydrogen-bond acceptors (Lipinski definition) is 2. The molecule has 0 atom stereocenters. The third-order valence-corrected chi connectivity index (χ3v) is 4.21. The summed E-state index contributed by atoms with van der Waals surface area (Å²) in [6, 6.07) is 26.6. The lowest BCUT2D eigenvalue weighted by Crippen LogP contribution is -2.00. The van der Waals surface area contributed by atoms with E-state index in [1.165, 1.54) is 0 Å². The number of aromatic nitrogens is 3. The molecule has 4 rings (SSSR count). The summed E-state index contributed by atoms with van der Waals surface area (Å²) >= 11 is 0. The van der Waals surface area contributed by atoms with E-state index >= 15 is 0 Å². The second-order valence-electron chi connectivity index (χ2n) is 5.89. The van der Waals surface area contributed by atoms with Gasteiger partial charge < -0.3 is 0 Å². The van der Waals surface area contributed by atoms with Crippen molar-refractivity contribution >= 4 is 0 Å². The Hall–Kier alpha value is -3.20. The molecule has 0 radical (unpaired) electrons. The van der Waals surface area contributed by atoms with E-state index in [2.05, 4.69) is 54.1 Å². The highest BCUT2D eigenvalue weighted by Gasteiger charge is 2.13. The molecule has 122 valence electrons. The molecule has 0 saturated carbocycles. The van der Waals surface area contributed by atoms with Crippen LogP contribution >= 0.6 is 0 Å². The number of nitrogens with zero attached hydrogens (tertiary/aromatic N) is 3. The minimum Gasteiger partial charge on any atom is -0.283 e. The fourth-order valence-electron chi connectivity index (χ4n) is 2.89. The Bertz CT molecular complexity index is 973. The largest absolute Gasteiger partial charge is 0.283 e. The highest BCUT2D eigenvalue weighted by atomic mass is 15.1. The molecule has 0 aliphatic carbocycles. The molecule has 0 bridgehead atoms. The Morgan fingerprint density at radius 1 is 0.720 bits per heavy atom. The monoisotopic (exact) mass is 325 g/mol. The standard InChI is InChI=1S/C22H19N3/c1-2-19-14-9-15-21(23-19)25-16-20(17-10-5-3-6-11-17)24-22(25)18-12-7-4-8-13-18/h3-16H,2H2,1H3. The third kappa shape index (κ3) is 3.09. The van der Waals surface area contributed by atoms with Crippen LogP contribution in [0.15, 0.2) is 85.1 Å². The highest BCUT2D eigenvalue weighted by molar-refractivity contribution is 5.66. The maximum atomic E-state index is 4.91. The predicted molar refractivity (Wildman–Crippen MR) is 102 cm³/mol. The highest BCUT2D eigenvalue weighted by Crippen LogP contribution is 2.27. The zero-order chi connectivity index (χ0) is 17.1. The SMILES string of the molecule is CCc1cccc(-n2cc(-c3ccccc3)nc2-c2ccccc2)n1. The summed E-state index contributed by atoms with van der Waals surface area (Å²) in [5.74, 6) is 1.80. The summed E-state index contributed by atoms with van der Waals surface area (Å²) in [6.07, 6.45) is 2.98. The molecule has 0 amide bonds. The van der Waals surface area contributed by atoms with Gasteiger partial charge in [-0.05, 0) is 18.6 Å². The van der Waals surface area contributed by atoms with Crippen molar-refractivity contribution in [2.45, 2.75) is 13.3 Å². The molecule has 0 spiro atoms. The first kappa shape index (κ1) is 15.3. The van der Waals surface area contributed by atoms with Gasteiger partial charge in [0.15, 0.2) is 0 Å². The van der Waals surface area contributed by atoms with Crippen molar-refractivity contribution in [2.24, 2.45) is 0 Å². The number of benzene rings is 2. The number of pyridine rings is 1. The van der Waals surface area contributed by atoms with Crippen LogP contribution in [-0.4, -0.2) is 14.5 Å². The summed E-state index contributed by atoms with van der Waals surface area (Å²) in [7, 11) is 0. The van der Waals surface area contributed by atoms with Gasteiger partial charge in [0.2, 0.25) is 0 Å². The first-order valence-corrected chi connectivity index (χ1v) is 8.51. The quantitative estimate of drug-likeness (QED) is 0.518. The van der Waals surface area contributed by atoms with Crippen molar-refractivity contribution < 1.29 is 0 Å². The van der Waals surface area contributed by atoms with Crippen molar-refractivity contribution in [3.8, 4) is 28.5 Å². The average molecular weight is 325 g/mol. The second kappa shape index (κ2) is 6.73. The van der Waals surface area contributed by atoms with Crippen LogP contribution in [0.5, 0.6) is 0 Å². The normalized spacial score (nSPS) is 10.8. The first-order chi connectivity index (χ1) is 12.3. The molecule has 0 aliphatic rings. The van der Waals surface area contributed by atoms with Gasteiger partial charge in [0, 0.05) is 23.0 Å². The lowest BCUT2D eigenvalue weighted by Gasteiger charge is -2.08. The van der Waals surface area contributed by atoms with Crippen LogP contribution in [0, 0.1) is 0 Å². The lowest BCUT2D eigenvalue weighted by molar-refractivity contribution is 0.948. The van der Waals surface area contributed by atoms with E-state index in [1.807, 2.05) is 42.5 Å². The van der Waals surface area contributed by atoms with Gasteiger partial charge in [-0.3, -0.25) is 4.57 Å². The third-order valence-electron chi connectivity index (χ3n) is 4.21. The van der Waals surface area contributed by atoms with Gasteiger partial charge in [-0.25, -0.2) is 9.97 Å². The fraction of sp³-hybridized carbons (Fsp3) is 0.0909. The van der Waals surface area contributed by atoms with Crippen LogP contribution in [-0.2, 0) is 6.42 Å². The van der Waals surface area contributed by atoms with Gasteiger partial charge in [0.05, 0.1) is 5.69 Å². The van der Waals surface area contributed by atoms with Crippen molar-refractivity contribution in [3.63, 3.8) is 0 Å². The van der Waals surface area contributed by atoms with Gasteiger partial charge in [-0.2, -0.15) is 0 Å². The van der Waals surface area contributed by atoms with Gasteiger partial charge in [-0.15, -0.1) is 0 Å². The molecule has 0 N–H and O–H groups in total. The Balaban J connectivity index is 1.91. The Morgan fingerprint density at radius 3 is 2.08 bits per heavy atom. The van der Waals surface area contributed by atoms with Gasteiger partial charge >= 0.3 is 0 Å². The van der Waals surface area contributed by atoms with Gasteiger partial charge in [-0.1, -0.05) is 73.7 Å². The Kier molecular flexibility index (Phi) is 4.13. The summed E-state index contributed by atoms with van der Waals surface area (Å²) in [5.41, 5.74) is 4.20. The van der Waals surface area contributed by atoms with Crippen molar-refractivity contribution in [2.75, 3.05) is 0 Å². The van der Waals surface area contributed by atoms with E-state index in [0.717, 1.165) is 40.6 Å². The molecule has 0 aliphatic heterocycles. The van der Waals surface area contributed by atoms with Crippen LogP contribution in [0.25, 0.3) is 28.5 Å². The van der Waals surface area contributed by atoms with Gasteiger partial charge in [0.25, 0.3) is 0 Å². The van der Waals surface area contributed by atoms with E-state index < -0.39 is 0 Å². The van der Waals surface area contributed by atoms with E-state index in [4.69, 9.17) is 9.97 Å². The summed E-state index contributed by atoms with van der Waals surface area (Å²) in [5, 5.41) is 0. The van der Waals surface area contributed by atoms with Gasteiger partial charge in [0.1, 0.15) is 11.6 Å². The second-order valence-corrected chi connectivity index (χ2v) is 5.89. The zero-order valence-corrected chi connectivity index (χ0v) is 14.1. The summed E-state index contributed by atoms with van der Waals surface area (Å²) in [4.78, 5) is 9.68. The lowest BCUT2D eigenvalue weighted by atomic mass is 10.2. The Labute approximate surface area is 147 Å². The molecule has 0 fully saturated rings. The number of hydrogen-bond donors (Lipinski definition) is 0. The van der Waals surface area contributed by atoms with Crippen LogP contribution in [0.2, 0.25) is 0 Å². The van der Waals surface area contributed by atoms with Crippen molar-refractivity contribution in [1.29, 1.82) is 0 Å². The minimum atomic E-state index is 0.896. The molecule has 25 heavy (non-hydrogen) atoms. The fourth-order valence-corrected chi connectivity index (χ4v) is 2.89. The summed E-state index contributed by atoms with van der Waals surface area (Å²) < 4.78 is 2.08. The van der Waals surface area contributed by atoms with E-state index in [9.17, 15) is 0 Å². The number of aryl methyl sites for hydroxylation is 1. The van der Waals surface area contributed by atoms with Crippen LogP contribution in [0.3, 0.4) is 0 Å². The predicted octanol–water partition coefficient (Wildman–Crippen LogP) is 5.16. The molecule has 2 aromatic heterocycles. The molecular formula is C22H19N3. The first-order valence-electron chi connectivity index (χ1n) is 8.51. The molecular weight excluding hydrogens is 306 g/mol. The van der Waals surface area contributed by atoms with Crippen LogP contribution in [0.4, 0.5) is 0 Å². The minimum absolute atomic E-state index is 0.896. The zero-order valence-electron chi connectivity index (χ0n) is 14.1. The number of rotatable bonds is 4. The molecule has 3 nitrogen and oxygen atoms in total. The maximum absolute atomic E-state index is 4.91. The van der Waals surface area contributed by atoms with Crippen LogP contribution in [0.1, 0.15) is 12.6 Å². The van der Waals surface area contributed by atoms with E-state index in [1.54, 1.807) is 0 Å². The molecule has 0 unspecified atom stereocenters. The van der Waals surface area contributed by atoms with Crippen LogP contribution < -0.4 is 0 Å². The smallest absolute Gasteiger partial charge is 0.146 e. The number of imidazole rings is 1. The molecule has 4 aromatic rings.